The van der Waals surface area contributed by atoms with Crippen molar-refractivity contribution in [2.75, 3.05) is 5.01 Å². The van der Waals surface area contributed by atoms with E-state index >= 15 is 0 Å². The predicted octanol–water partition coefficient (Wildman–Crippen LogP) is 3.20. The van der Waals surface area contributed by atoms with Gasteiger partial charge in [-0.3, -0.25) is 4.79 Å². The molecular formula is C13H13F3N2O. The molecule has 2 rings (SSSR count). The molecule has 19 heavy (non-hydrogen) atoms. The number of halogens is 3. The number of alkyl halides is 3. The number of amides is 1. The zero-order valence-electron chi connectivity index (χ0n) is 10.7. The average molecular weight is 270 g/mol. The van der Waals surface area contributed by atoms with Gasteiger partial charge in [0.2, 0.25) is 0 Å². The Bertz CT molecular complexity index is 543. The van der Waals surface area contributed by atoms with E-state index in [1.165, 1.54) is 6.92 Å². The summed E-state index contributed by atoms with van der Waals surface area (Å²) in [5, 5.41) is 4.29. The van der Waals surface area contributed by atoms with Gasteiger partial charge in [-0.1, -0.05) is 6.07 Å². The lowest BCUT2D eigenvalue weighted by Gasteiger charge is -2.14. The van der Waals surface area contributed by atoms with Crippen molar-refractivity contribution >= 4 is 17.3 Å². The van der Waals surface area contributed by atoms with E-state index in [0.717, 1.165) is 16.1 Å². The van der Waals surface area contributed by atoms with Crippen LogP contribution in [0.1, 0.15) is 18.1 Å². The second-order valence-corrected chi connectivity index (χ2v) is 4.70. The Labute approximate surface area is 108 Å². The van der Waals surface area contributed by atoms with E-state index in [0.29, 0.717) is 5.69 Å². The third-order valence-electron chi connectivity index (χ3n) is 2.94. The number of aryl methyl sites for hydroxylation is 2. The second kappa shape index (κ2) is 4.36. The molecule has 0 fully saturated rings. The third-order valence-corrected chi connectivity index (χ3v) is 2.94. The van der Waals surface area contributed by atoms with E-state index < -0.39 is 23.7 Å². The SMILES string of the molecule is Cc1cc(C)cc(N2N=C(C(F)(F)F)C(C)C2=O)c1. The molecule has 1 aromatic rings. The summed E-state index contributed by atoms with van der Waals surface area (Å²) in [5.74, 6) is -1.92. The molecule has 0 saturated heterocycles. The largest absolute Gasteiger partial charge is 0.432 e. The molecule has 3 nitrogen and oxygen atoms in total. The summed E-state index contributed by atoms with van der Waals surface area (Å²) in [4.78, 5) is 11.9. The lowest BCUT2D eigenvalue weighted by atomic mass is 10.1. The number of hydrogen-bond acceptors (Lipinski definition) is 2. The Kier molecular flexibility index (Phi) is 3.12. The topological polar surface area (TPSA) is 32.7 Å². The molecule has 0 saturated carbocycles. The van der Waals surface area contributed by atoms with Crippen molar-refractivity contribution < 1.29 is 18.0 Å². The Hall–Kier alpha value is -1.85. The van der Waals surface area contributed by atoms with Crippen molar-refractivity contribution in [1.29, 1.82) is 0 Å². The van der Waals surface area contributed by atoms with Gasteiger partial charge in [-0.2, -0.15) is 23.3 Å². The summed E-state index contributed by atoms with van der Waals surface area (Å²) in [7, 11) is 0. The fraction of sp³-hybridized carbons (Fsp3) is 0.385. The molecular weight excluding hydrogens is 257 g/mol. The fourth-order valence-electron chi connectivity index (χ4n) is 2.10. The molecule has 0 spiro atoms. The van der Waals surface area contributed by atoms with Crippen LogP contribution in [0.25, 0.3) is 0 Å². The van der Waals surface area contributed by atoms with Crippen molar-refractivity contribution in [3.05, 3.63) is 29.3 Å². The molecule has 1 aliphatic rings. The number of carbonyl (C=O) groups excluding carboxylic acids is 1. The van der Waals surface area contributed by atoms with Crippen LogP contribution in [0.5, 0.6) is 0 Å². The molecule has 0 N–H and O–H groups in total. The van der Waals surface area contributed by atoms with Crippen LogP contribution in [-0.4, -0.2) is 17.8 Å². The summed E-state index contributed by atoms with van der Waals surface area (Å²) in [6, 6.07) is 5.16. The highest BCUT2D eigenvalue weighted by Gasteiger charge is 2.48. The van der Waals surface area contributed by atoms with Gasteiger partial charge in [0, 0.05) is 0 Å². The summed E-state index contributed by atoms with van der Waals surface area (Å²) in [6.45, 7) is 4.85. The first kappa shape index (κ1) is 13.6. The number of benzene rings is 1. The van der Waals surface area contributed by atoms with Crippen molar-refractivity contribution in [1.82, 2.24) is 0 Å². The zero-order chi connectivity index (χ0) is 14.4. The van der Waals surface area contributed by atoms with E-state index in [1.807, 2.05) is 19.9 Å². The van der Waals surface area contributed by atoms with Gasteiger partial charge in [0.25, 0.3) is 5.91 Å². The highest BCUT2D eigenvalue weighted by Crippen LogP contribution is 2.32. The van der Waals surface area contributed by atoms with Crippen LogP contribution in [-0.2, 0) is 4.79 Å². The van der Waals surface area contributed by atoms with Gasteiger partial charge in [0.1, 0.15) is 0 Å². The van der Waals surface area contributed by atoms with Crippen molar-refractivity contribution in [2.45, 2.75) is 26.9 Å². The molecule has 1 heterocycles. The summed E-state index contributed by atoms with van der Waals surface area (Å²) in [5.41, 5.74) is 1.06. The van der Waals surface area contributed by atoms with Gasteiger partial charge in [0.05, 0.1) is 11.6 Å². The Balaban J connectivity index is 2.46. The van der Waals surface area contributed by atoms with Crippen LogP contribution in [0.3, 0.4) is 0 Å². The lowest BCUT2D eigenvalue weighted by Crippen LogP contribution is -2.31. The minimum absolute atomic E-state index is 0.369. The average Bonchev–Trinajstić information content (AvgIpc) is 2.54. The Morgan fingerprint density at radius 3 is 2.11 bits per heavy atom. The monoisotopic (exact) mass is 270 g/mol. The molecule has 0 bridgehead atoms. The van der Waals surface area contributed by atoms with E-state index in [-0.39, 0.29) is 0 Å². The van der Waals surface area contributed by atoms with Gasteiger partial charge in [-0.05, 0) is 44.0 Å². The minimum Gasteiger partial charge on any atom is -0.272 e. The van der Waals surface area contributed by atoms with Crippen molar-refractivity contribution in [3.63, 3.8) is 0 Å². The van der Waals surface area contributed by atoms with Crippen LogP contribution in [0, 0.1) is 19.8 Å². The fourth-order valence-corrected chi connectivity index (χ4v) is 2.10. The highest BCUT2D eigenvalue weighted by molar-refractivity contribution is 6.17. The van der Waals surface area contributed by atoms with E-state index in [9.17, 15) is 18.0 Å². The van der Waals surface area contributed by atoms with Gasteiger partial charge < -0.3 is 0 Å². The molecule has 0 aliphatic carbocycles. The maximum absolute atomic E-state index is 12.7. The molecule has 1 amide bonds. The second-order valence-electron chi connectivity index (χ2n) is 4.70. The lowest BCUT2D eigenvalue weighted by molar-refractivity contribution is -0.120. The van der Waals surface area contributed by atoms with Crippen LogP contribution in [0.4, 0.5) is 18.9 Å². The number of nitrogens with zero attached hydrogens (tertiary/aromatic N) is 2. The number of rotatable bonds is 1. The molecule has 0 radical (unpaired) electrons. The first-order valence-electron chi connectivity index (χ1n) is 5.78. The van der Waals surface area contributed by atoms with Crippen molar-refractivity contribution in [3.8, 4) is 0 Å². The number of carbonyl (C=O) groups is 1. The van der Waals surface area contributed by atoms with Gasteiger partial charge >= 0.3 is 6.18 Å². The third kappa shape index (κ3) is 2.47. The summed E-state index contributed by atoms with van der Waals surface area (Å²) in [6.07, 6.45) is -4.58. The molecule has 6 heteroatoms. The quantitative estimate of drug-likeness (QED) is 0.771. The molecule has 1 aromatic carbocycles. The molecule has 1 unspecified atom stereocenters. The maximum Gasteiger partial charge on any atom is 0.432 e. The van der Waals surface area contributed by atoms with Crippen molar-refractivity contribution in [2.24, 2.45) is 11.0 Å². The number of hydrogen-bond donors (Lipinski definition) is 0. The van der Waals surface area contributed by atoms with Gasteiger partial charge in [-0.25, -0.2) is 0 Å². The Morgan fingerprint density at radius 1 is 1.16 bits per heavy atom. The molecule has 0 aromatic heterocycles. The molecule has 1 aliphatic heterocycles. The Morgan fingerprint density at radius 2 is 1.68 bits per heavy atom. The number of anilines is 1. The first-order chi connectivity index (χ1) is 8.70. The van der Waals surface area contributed by atoms with Crippen LogP contribution < -0.4 is 5.01 Å². The summed E-state index contributed by atoms with van der Waals surface area (Å²) < 4.78 is 38.2. The van der Waals surface area contributed by atoms with Gasteiger partial charge in [0.15, 0.2) is 5.71 Å². The molecule has 1 atom stereocenters. The standard InChI is InChI=1S/C13H13F3N2O/c1-7-4-8(2)6-10(5-7)18-12(19)9(3)11(17-18)13(14,15)16/h4-6,9H,1-3H3. The van der Waals surface area contributed by atoms with Crippen LogP contribution in [0.2, 0.25) is 0 Å². The predicted molar refractivity (Wildman–Crippen MR) is 66.1 cm³/mol. The normalized spacial score (nSPS) is 19.9. The smallest absolute Gasteiger partial charge is 0.272 e. The zero-order valence-corrected chi connectivity index (χ0v) is 10.7. The van der Waals surface area contributed by atoms with Crippen LogP contribution >= 0.6 is 0 Å². The van der Waals surface area contributed by atoms with E-state index in [1.54, 1.807) is 12.1 Å². The highest BCUT2D eigenvalue weighted by atomic mass is 19.4. The van der Waals surface area contributed by atoms with E-state index in [2.05, 4.69) is 5.10 Å². The number of hydrazone groups is 1. The maximum atomic E-state index is 12.7. The minimum atomic E-state index is -4.58. The van der Waals surface area contributed by atoms with Crippen LogP contribution in [0.15, 0.2) is 23.3 Å². The van der Waals surface area contributed by atoms with E-state index in [4.69, 9.17) is 0 Å². The summed E-state index contributed by atoms with van der Waals surface area (Å²) >= 11 is 0. The first-order valence-corrected chi connectivity index (χ1v) is 5.78. The van der Waals surface area contributed by atoms with Gasteiger partial charge in [-0.15, -0.1) is 0 Å². The molecule has 102 valence electrons.